The fraction of sp³-hybridized carbons (Fsp3) is 0.467. The van der Waals surface area contributed by atoms with Crippen LogP contribution in [0.2, 0.25) is 0 Å². The molecule has 3 rings (SSSR count). The number of hydrogen-bond acceptors (Lipinski definition) is 6. The minimum Gasteiger partial charge on any atom is -0.489 e. The van der Waals surface area contributed by atoms with Crippen LogP contribution in [0.1, 0.15) is 37.6 Å². The van der Waals surface area contributed by atoms with Gasteiger partial charge in [-0.1, -0.05) is 19.0 Å². The van der Waals surface area contributed by atoms with Gasteiger partial charge < -0.3 is 19.7 Å². The monoisotopic (exact) mass is 367 g/mol. The van der Waals surface area contributed by atoms with E-state index in [-0.39, 0.29) is 12.5 Å². The second-order valence-electron chi connectivity index (χ2n) is 5.40. The Morgan fingerprint density at radius 2 is 2.00 bits per heavy atom. The van der Waals surface area contributed by atoms with E-state index in [0.717, 1.165) is 33.5 Å². The van der Waals surface area contributed by atoms with Crippen molar-refractivity contribution in [1.82, 2.24) is 10.1 Å². The number of rotatable bonds is 3. The molecule has 1 aromatic carbocycles. The van der Waals surface area contributed by atoms with Gasteiger partial charge in [-0.3, -0.25) is 0 Å². The molecule has 0 spiro atoms. The van der Waals surface area contributed by atoms with Crippen molar-refractivity contribution >= 4 is 15.9 Å². The van der Waals surface area contributed by atoms with Gasteiger partial charge in [-0.15, -0.1) is 0 Å². The van der Waals surface area contributed by atoms with Crippen molar-refractivity contribution in [2.45, 2.75) is 32.7 Å². The molecule has 0 bridgehead atoms. The molecule has 0 unspecified atom stereocenters. The lowest BCUT2D eigenvalue weighted by atomic mass is 9.95. The Labute approximate surface area is 137 Å². The van der Waals surface area contributed by atoms with Crippen LogP contribution in [-0.2, 0) is 6.54 Å². The highest BCUT2D eigenvalue weighted by Crippen LogP contribution is 2.47. The molecule has 0 aliphatic carbocycles. The van der Waals surface area contributed by atoms with Crippen LogP contribution in [0.25, 0.3) is 11.4 Å². The summed E-state index contributed by atoms with van der Waals surface area (Å²) in [5, 5.41) is 4.03. The third-order valence-corrected chi connectivity index (χ3v) is 4.06. The van der Waals surface area contributed by atoms with Gasteiger partial charge in [0.25, 0.3) is 0 Å². The first-order valence-electron chi connectivity index (χ1n) is 7.26. The standard InChI is InChI=1S/C15H18BrN3O3/c1-8(2)12-9(15-18-11(7-17)22-19-15)6-10(16)13-14(12)21-5-3-4-20-13/h6,8H,3-5,7,17H2,1-2H3. The van der Waals surface area contributed by atoms with E-state index in [0.29, 0.717) is 24.9 Å². The van der Waals surface area contributed by atoms with Gasteiger partial charge >= 0.3 is 0 Å². The van der Waals surface area contributed by atoms with E-state index < -0.39 is 0 Å². The van der Waals surface area contributed by atoms with E-state index >= 15 is 0 Å². The van der Waals surface area contributed by atoms with Crippen LogP contribution in [0, 0.1) is 0 Å². The van der Waals surface area contributed by atoms with Crippen LogP contribution < -0.4 is 15.2 Å². The number of nitrogens with two attached hydrogens (primary N) is 1. The average Bonchev–Trinajstić information content (AvgIpc) is 2.84. The summed E-state index contributed by atoms with van der Waals surface area (Å²) in [6.45, 7) is 5.69. The zero-order valence-corrected chi connectivity index (χ0v) is 14.1. The summed E-state index contributed by atoms with van der Waals surface area (Å²) < 4.78 is 17.7. The molecule has 0 atom stereocenters. The van der Waals surface area contributed by atoms with Crippen molar-refractivity contribution < 1.29 is 14.0 Å². The molecule has 0 amide bonds. The Balaban J connectivity index is 2.21. The maximum absolute atomic E-state index is 5.95. The molecule has 1 aromatic heterocycles. The molecular weight excluding hydrogens is 350 g/mol. The van der Waals surface area contributed by atoms with Gasteiger partial charge in [0.15, 0.2) is 11.5 Å². The number of hydrogen-bond donors (Lipinski definition) is 1. The van der Waals surface area contributed by atoms with Gasteiger partial charge in [-0.05, 0) is 27.9 Å². The van der Waals surface area contributed by atoms with Crippen LogP contribution in [0.3, 0.4) is 0 Å². The molecule has 6 nitrogen and oxygen atoms in total. The van der Waals surface area contributed by atoms with E-state index in [1.165, 1.54) is 0 Å². The first-order chi connectivity index (χ1) is 10.6. The van der Waals surface area contributed by atoms with Crippen LogP contribution in [-0.4, -0.2) is 23.4 Å². The summed E-state index contributed by atoms with van der Waals surface area (Å²) in [5.74, 6) is 2.65. The molecule has 118 valence electrons. The van der Waals surface area contributed by atoms with Gasteiger partial charge in [0.05, 0.1) is 24.2 Å². The largest absolute Gasteiger partial charge is 0.489 e. The van der Waals surface area contributed by atoms with E-state index in [9.17, 15) is 0 Å². The number of nitrogens with zero attached hydrogens (tertiary/aromatic N) is 2. The van der Waals surface area contributed by atoms with Crippen molar-refractivity contribution in [3.05, 3.63) is 22.0 Å². The molecule has 0 fully saturated rings. The van der Waals surface area contributed by atoms with Crippen molar-refractivity contribution in [3.63, 3.8) is 0 Å². The first-order valence-corrected chi connectivity index (χ1v) is 8.06. The smallest absolute Gasteiger partial charge is 0.240 e. The Kier molecular flexibility index (Phi) is 4.35. The summed E-state index contributed by atoms with van der Waals surface area (Å²) in [4.78, 5) is 4.34. The summed E-state index contributed by atoms with van der Waals surface area (Å²) in [7, 11) is 0. The summed E-state index contributed by atoms with van der Waals surface area (Å²) in [6.07, 6.45) is 0.855. The van der Waals surface area contributed by atoms with Gasteiger partial charge in [0.1, 0.15) is 0 Å². The molecular formula is C15H18BrN3O3. The molecule has 0 radical (unpaired) electrons. The maximum Gasteiger partial charge on any atom is 0.240 e. The van der Waals surface area contributed by atoms with Gasteiger partial charge in [0, 0.05) is 17.5 Å². The minimum atomic E-state index is 0.218. The zero-order chi connectivity index (χ0) is 15.7. The number of ether oxygens (including phenoxy) is 2. The van der Waals surface area contributed by atoms with Crippen LogP contribution in [0.15, 0.2) is 15.1 Å². The maximum atomic E-state index is 5.95. The Bertz CT molecular complexity index is 685. The summed E-state index contributed by atoms with van der Waals surface area (Å²) >= 11 is 3.56. The molecule has 1 aliphatic rings. The minimum absolute atomic E-state index is 0.218. The highest BCUT2D eigenvalue weighted by Gasteiger charge is 2.26. The second kappa shape index (κ2) is 6.26. The average molecular weight is 368 g/mol. The molecule has 2 heterocycles. The van der Waals surface area contributed by atoms with Crippen LogP contribution >= 0.6 is 15.9 Å². The lowest BCUT2D eigenvalue weighted by molar-refractivity contribution is 0.295. The van der Waals surface area contributed by atoms with Crippen molar-refractivity contribution in [1.29, 1.82) is 0 Å². The quantitative estimate of drug-likeness (QED) is 0.896. The highest BCUT2D eigenvalue weighted by molar-refractivity contribution is 9.10. The van der Waals surface area contributed by atoms with E-state index in [2.05, 4.69) is 39.9 Å². The SMILES string of the molecule is CC(C)c1c(-c2noc(CN)n2)cc(Br)c2c1OCCCO2. The predicted molar refractivity (Wildman–Crippen MR) is 85.0 cm³/mol. The number of fused-ring (bicyclic) bond motifs is 1. The van der Waals surface area contributed by atoms with Gasteiger partial charge in [0.2, 0.25) is 11.7 Å². The highest BCUT2D eigenvalue weighted by atomic mass is 79.9. The lowest BCUT2D eigenvalue weighted by Crippen LogP contribution is -2.03. The Hall–Kier alpha value is -1.60. The number of benzene rings is 1. The Morgan fingerprint density at radius 1 is 1.27 bits per heavy atom. The fourth-order valence-electron chi connectivity index (χ4n) is 2.51. The van der Waals surface area contributed by atoms with Crippen LogP contribution in [0.4, 0.5) is 0 Å². The third kappa shape index (κ3) is 2.70. The third-order valence-electron chi connectivity index (χ3n) is 3.47. The second-order valence-corrected chi connectivity index (χ2v) is 6.25. The van der Waals surface area contributed by atoms with E-state index in [1.807, 2.05) is 6.07 Å². The van der Waals surface area contributed by atoms with E-state index in [1.54, 1.807) is 0 Å². The molecule has 2 N–H and O–H groups in total. The first kappa shape index (κ1) is 15.3. The van der Waals surface area contributed by atoms with Crippen LogP contribution in [0.5, 0.6) is 11.5 Å². The predicted octanol–water partition coefficient (Wildman–Crippen LogP) is 3.24. The van der Waals surface area contributed by atoms with Crippen molar-refractivity contribution in [2.24, 2.45) is 5.73 Å². The zero-order valence-electron chi connectivity index (χ0n) is 12.6. The number of aromatic nitrogens is 2. The fourth-order valence-corrected chi connectivity index (χ4v) is 3.04. The van der Waals surface area contributed by atoms with E-state index in [4.69, 9.17) is 19.7 Å². The van der Waals surface area contributed by atoms with Crippen molar-refractivity contribution in [3.8, 4) is 22.9 Å². The van der Waals surface area contributed by atoms with Gasteiger partial charge in [-0.2, -0.15) is 4.98 Å². The molecule has 1 aliphatic heterocycles. The topological polar surface area (TPSA) is 83.4 Å². The molecule has 22 heavy (non-hydrogen) atoms. The molecule has 7 heteroatoms. The molecule has 0 saturated heterocycles. The molecule has 2 aromatic rings. The lowest BCUT2D eigenvalue weighted by Gasteiger charge is -2.19. The summed E-state index contributed by atoms with van der Waals surface area (Å²) in [5.41, 5.74) is 7.44. The van der Waals surface area contributed by atoms with Gasteiger partial charge in [-0.25, -0.2) is 0 Å². The normalized spacial score (nSPS) is 14.2. The van der Waals surface area contributed by atoms with Crippen molar-refractivity contribution in [2.75, 3.05) is 13.2 Å². The Morgan fingerprint density at radius 3 is 2.64 bits per heavy atom. The number of halogens is 1. The summed E-state index contributed by atoms with van der Waals surface area (Å²) in [6, 6.07) is 1.95. The molecule has 0 saturated carbocycles.